The molecule has 5 nitrogen and oxygen atoms in total. The van der Waals surface area contributed by atoms with Crippen molar-refractivity contribution in [2.45, 2.75) is 72.3 Å². The first-order chi connectivity index (χ1) is 15.9. The average Bonchev–Trinajstić information content (AvgIpc) is 3.24. The Bertz CT molecular complexity index is 1060. The molecule has 0 saturated carbocycles. The monoisotopic (exact) mass is 500 g/mol. The summed E-state index contributed by atoms with van der Waals surface area (Å²) in [5.41, 5.74) is 4.24. The molecule has 192 valence electrons. The molecule has 0 aliphatic rings. The van der Waals surface area contributed by atoms with Crippen molar-refractivity contribution in [1.29, 1.82) is 0 Å². The molecule has 0 saturated heterocycles. The molecular formula is C29H41ClN2O3. The predicted octanol–water partition coefficient (Wildman–Crippen LogP) is 7.14. The lowest BCUT2D eigenvalue weighted by atomic mass is 9.78. The van der Waals surface area contributed by atoms with E-state index in [0.717, 1.165) is 47.6 Å². The van der Waals surface area contributed by atoms with Crippen LogP contribution < -0.4 is 4.74 Å². The summed E-state index contributed by atoms with van der Waals surface area (Å²) < 4.78 is 11.8. The highest BCUT2D eigenvalue weighted by molar-refractivity contribution is 5.85. The molecule has 1 N–H and O–H groups in total. The molecule has 3 aromatic rings. The van der Waals surface area contributed by atoms with Crippen LogP contribution in [0.3, 0.4) is 0 Å². The normalized spacial score (nSPS) is 12.0. The van der Waals surface area contributed by atoms with Gasteiger partial charge in [0.2, 0.25) is 5.89 Å². The van der Waals surface area contributed by atoms with E-state index in [9.17, 15) is 5.11 Å². The summed E-state index contributed by atoms with van der Waals surface area (Å²) in [6.07, 6.45) is 2.67. The van der Waals surface area contributed by atoms with E-state index >= 15 is 0 Å². The SMILES string of the molecule is CCN(C)CCc1ccc(OCc2coc(-c3cc(C(C)(C)C)c(O)c(C(C)(C)C)c3)n2)cc1.Cl. The summed E-state index contributed by atoms with van der Waals surface area (Å²) in [5, 5.41) is 11.0. The number of phenols is 1. The van der Waals surface area contributed by atoms with E-state index in [1.807, 2.05) is 24.3 Å². The van der Waals surface area contributed by atoms with Crippen LogP contribution >= 0.6 is 12.4 Å². The van der Waals surface area contributed by atoms with Crippen molar-refractivity contribution in [2.75, 3.05) is 20.1 Å². The Labute approximate surface area is 216 Å². The van der Waals surface area contributed by atoms with Crippen LogP contribution in [0.2, 0.25) is 0 Å². The lowest BCUT2D eigenvalue weighted by Crippen LogP contribution is -2.20. The van der Waals surface area contributed by atoms with Crippen LogP contribution in [0.25, 0.3) is 11.5 Å². The summed E-state index contributed by atoms with van der Waals surface area (Å²) in [5.74, 6) is 1.69. The van der Waals surface area contributed by atoms with Crippen LogP contribution in [0, 0.1) is 0 Å². The molecule has 0 bridgehead atoms. The third-order valence-electron chi connectivity index (χ3n) is 6.16. The average molecular weight is 501 g/mol. The molecule has 0 atom stereocenters. The van der Waals surface area contributed by atoms with Crippen molar-refractivity contribution >= 4 is 12.4 Å². The number of hydrogen-bond acceptors (Lipinski definition) is 5. The Hall–Kier alpha value is -2.50. The Morgan fingerprint density at radius 2 is 1.54 bits per heavy atom. The second kappa shape index (κ2) is 11.5. The largest absolute Gasteiger partial charge is 0.507 e. The van der Waals surface area contributed by atoms with E-state index in [0.29, 0.717) is 18.2 Å². The highest BCUT2D eigenvalue weighted by Crippen LogP contribution is 2.41. The molecule has 6 heteroatoms. The van der Waals surface area contributed by atoms with Crippen molar-refractivity contribution in [3.8, 4) is 23.0 Å². The minimum atomic E-state index is -0.212. The highest BCUT2D eigenvalue weighted by Gasteiger charge is 2.27. The van der Waals surface area contributed by atoms with Gasteiger partial charge in [-0.1, -0.05) is 60.6 Å². The molecule has 0 aliphatic carbocycles. The van der Waals surface area contributed by atoms with E-state index in [1.165, 1.54) is 5.56 Å². The zero-order valence-electron chi connectivity index (χ0n) is 22.4. The van der Waals surface area contributed by atoms with E-state index in [2.05, 4.69) is 77.5 Å². The van der Waals surface area contributed by atoms with Crippen LogP contribution in [0.4, 0.5) is 0 Å². The van der Waals surface area contributed by atoms with Crippen LogP contribution in [-0.2, 0) is 23.9 Å². The van der Waals surface area contributed by atoms with Gasteiger partial charge in [-0.3, -0.25) is 0 Å². The van der Waals surface area contributed by atoms with E-state index < -0.39 is 0 Å². The topological polar surface area (TPSA) is 58.7 Å². The van der Waals surface area contributed by atoms with Gasteiger partial charge in [0, 0.05) is 23.2 Å². The highest BCUT2D eigenvalue weighted by atomic mass is 35.5. The van der Waals surface area contributed by atoms with Crippen molar-refractivity contribution < 1.29 is 14.3 Å². The van der Waals surface area contributed by atoms with E-state index in [-0.39, 0.29) is 23.2 Å². The van der Waals surface area contributed by atoms with Gasteiger partial charge in [-0.15, -0.1) is 12.4 Å². The molecule has 3 rings (SSSR count). The van der Waals surface area contributed by atoms with Crippen molar-refractivity contribution in [2.24, 2.45) is 0 Å². The molecule has 0 fully saturated rings. The lowest BCUT2D eigenvalue weighted by molar-refractivity contribution is 0.301. The molecule has 0 spiro atoms. The van der Waals surface area contributed by atoms with Gasteiger partial charge in [-0.25, -0.2) is 4.98 Å². The van der Waals surface area contributed by atoms with Gasteiger partial charge in [-0.2, -0.15) is 0 Å². The Morgan fingerprint density at radius 1 is 0.971 bits per heavy atom. The third-order valence-corrected chi connectivity index (χ3v) is 6.16. The van der Waals surface area contributed by atoms with Gasteiger partial charge < -0.3 is 19.2 Å². The van der Waals surface area contributed by atoms with Gasteiger partial charge in [0.05, 0.1) is 0 Å². The number of nitrogens with zero attached hydrogens (tertiary/aromatic N) is 2. The van der Waals surface area contributed by atoms with Crippen LogP contribution in [0.1, 0.15) is 70.9 Å². The smallest absolute Gasteiger partial charge is 0.226 e. The van der Waals surface area contributed by atoms with Gasteiger partial charge in [0.15, 0.2) is 0 Å². The number of halogens is 1. The molecule has 2 aromatic carbocycles. The number of ether oxygens (including phenoxy) is 1. The number of aromatic hydroxyl groups is 1. The first-order valence-corrected chi connectivity index (χ1v) is 12.1. The number of aromatic nitrogens is 1. The standard InChI is InChI=1S/C29H40N2O3.ClH/c1-9-31(8)15-14-20-10-12-23(13-11-20)33-18-22-19-34-27(30-22)21-16-24(28(2,3)4)26(32)25(17-21)29(5,6)7;/h10-13,16-17,19,32H,9,14-15,18H2,1-8H3;1H. The molecule has 0 unspecified atom stereocenters. The first-order valence-electron chi connectivity index (χ1n) is 12.1. The molecule has 0 amide bonds. The van der Waals surface area contributed by atoms with Crippen LogP contribution in [0.15, 0.2) is 47.1 Å². The van der Waals surface area contributed by atoms with Gasteiger partial charge in [0.25, 0.3) is 0 Å². The quantitative estimate of drug-likeness (QED) is 0.356. The molecule has 1 heterocycles. The minimum Gasteiger partial charge on any atom is -0.507 e. The minimum absolute atomic E-state index is 0. The molecule has 0 aliphatic heterocycles. The summed E-state index contributed by atoms with van der Waals surface area (Å²) in [7, 11) is 2.13. The zero-order chi connectivity index (χ0) is 25.1. The number of benzene rings is 2. The van der Waals surface area contributed by atoms with Gasteiger partial charge in [0.1, 0.15) is 30.1 Å². The molecule has 35 heavy (non-hydrogen) atoms. The number of phenolic OH excluding ortho intramolecular Hbond substituents is 1. The summed E-state index contributed by atoms with van der Waals surface area (Å²) in [6, 6.07) is 12.2. The predicted molar refractivity (Wildman–Crippen MR) is 146 cm³/mol. The zero-order valence-corrected chi connectivity index (χ0v) is 23.3. The van der Waals surface area contributed by atoms with Crippen LogP contribution in [0.5, 0.6) is 11.5 Å². The Kier molecular flexibility index (Phi) is 9.43. The maximum Gasteiger partial charge on any atom is 0.226 e. The maximum atomic E-state index is 11.0. The number of oxazole rings is 1. The molecule has 1 aromatic heterocycles. The second-order valence-corrected chi connectivity index (χ2v) is 11.1. The number of likely N-dealkylation sites (N-methyl/N-ethyl adjacent to an activating group) is 1. The van der Waals surface area contributed by atoms with Gasteiger partial charge >= 0.3 is 0 Å². The molecular weight excluding hydrogens is 460 g/mol. The van der Waals surface area contributed by atoms with Crippen molar-refractivity contribution in [1.82, 2.24) is 9.88 Å². The number of rotatable bonds is 8. The molecule has 0 radical (unpaired) electrons. The maximum absolute atomic E-state index is 11.0. The van der Waals surface area contributed by atoms with Crippen LogP contribution in [-0.4, -0.2) is 35.1 Å². The Morgan fingerprint density at radius 3 is 2.06 bits per heavy atom. The first kappa shape index (κ1) is 28.7. The lowest BCUT2D eigenvalue weighted by Gasteiger charge is -2.27. The summed E-state index contributed by atoms with van der Waals surface area (Å²) in [6.45, 7) is 17.2. The van der Waals surface area contributed by atoms with Gasteiger partial charge in [-0.05, 0) is 60.7 Å². The summed E-state index contributed by atoms with van der Waals surface area (Å²) >= 11 is 0. The van der Waals surface area contributed by atoms with E-state index in [4.69, 9.17) is 9.15 Å². The summed E-state index contributed by atoms with van der Waals surface area (Å²) in [4.78, 5) is 6.97. The van der Waals surface area contributed by atoms with Crippen molar-refractivity contribution in [3.63, 3.8) is 0 Å². The third kappa shape index (κ3) is 7.49. The number of hydrogen-bond donors (Lipinski definition) is 1. The van der Waals surface area contributed by atoms with Crippen molar-refractivity contribution in [3.05, 3.63) is 65.0 Å². The fourth-order valence-electron chi connectivity index (χ4n) is 3.79. The fourth-order valence-corrected chi connectivity index (χ4v) is 3.79. The second-order valence-electron chi connectivity index (χ2n) is 11.1. The van der Waals surface area contributed by atoms with E-state index in [1.54, 1.807) is 6.26 Å². The fraction of sp³-hybridized carbons (Fsp3) is 0.483. The Balaban J connectivity index is 0.00000432.